The lowest BCUT2D eigenvalue weighted by Crippen LogP contribution is -2.75. The fourth-order valence-electron chi connectivity index (χ4n) is 6.14. The average Bonchev–Trinajstić information content (AvgIpc) is 2.98. The van der Waals surface area contributed by atoms with E-state index in [0.717, 1.165) is 10.5 Å². The highest BCUT2D eigenvalue weighted by Crippen LogP contribution is 2.47. The first-order chi connectivity index (χ1) is 20.0. The zero-order valence-electron chi connectivity index (χ0n) is 22.6. The van der Waals surface area contributed by atoms with E-state index in [4.69, 9.17) is 0 Å². The molecule has 3 heterocycles. The number of barbiturate groups is 1. The third-order valence-corrected chi connectivity index (χ3v) is 10.2. The fraction of sp³-hybridized carbons (Fsp3) is 0.276. The molecule has 0 aliphatic carbocycles. The number of nitro benzene ring substituents is 1. The molecule has 3 aliphatic rings. The molecule has 0 unspecified atom stereocenters. The molecule has 0 bridgehead atoms. The van der Waals surface area contributed by atoms with Crippen LogP contribution in [0.2, 0.25) is 0 Å². The van der Waals surface area contributed by atoms with E-state index in [1.165, 1.54) is 28.6 Å². The predicted octanol–water partition coefficient (Wildman–Crippen LogP) is 2.60. The zero-order valence-corrected chi connectivity index (χ0v) is 23.4. The maximum atomic E-state index is 14.4. The Labute approximate surface area is 241 Å². The lowest BCUT2D eigenvalue weighted by atomic mass is 9.67. The zero-order chi connectivity index (χ0) is 29.8. The molecule has 2 atom stereocenters. The first-order valence-electron chi connectivity index (χ1n) is 13.3. The number of hydrogen-bond donors (Lipinski definition) is 1. The monoisotopic (exact) mass is 589 g/mol. The van der Waals surface area contributed by atoms with Gasteiger partial charge in [-0.3, -0.25) is 29.9 Å². The van der Waals surface area contributed by atoms with Gasteiger partial charge in [0, 0.05) is 43.9 Å². The number of benzene rings is 3. The summed E-state index contributed by atoms with van der Waals surface area (Å²) >= 11 is 0. The Hall–Kier alpha value is -4.62. The molecule has 1 N–H and O–H groups in total. The topological polar surface area (TPSA) is 150 Å². The molecule has 4 amide bonds. The summed E-state index contributed by atoms with van der Waals surface area (Å²) < 4.78 is 28.7. The van der Waals surface area contributed by atoms with Gasteiger partial charge in [0.25, 0.3) is 5.69 Å². The fourth-order valence-corrected chi connectivity index (χ4v) is 7.57. The molecule has 216 valence electrons. The normalized spacial score (nSPS) is 22.5. The van der Waals surface area contributed by atoms with Crippen molar-refractivity contribution in [2.24, 2.45) is 5.41 Å². The molecule has 0 aromatic heterocycles. The van der Waals surface area contributed by atoms with Crippen LogP contribution in [-0.4, -0.2) is 66.1 Å². The van der Waals surface area contributed by atoms with Gasteiger partial charge in [-0.1, -0.05) is 48.0 Å². The van der Waals surface area contributed by atoms with Crippen molar-refractivity contribution >= 4 is 39.2 Å². The van der Waals surface area contributed by atoms with Crippen LogP contribution in [0.4, 0.5) is 16.2 Å². The number of nitrogens with one attached hydrogen (secondary N) is 1. The Morgan fingerprint density at radius 3 is 2.40 bits per heavy atom. The van der Waals surface area contributed by atoms with Crippen molar-refractivity contribution < 1.29 is 27.7 Å². The van der Waals surface area contributed by atoms with Gasteiger partial charge in [-0.15, -0.1) is 0 Å². The maximum absolute atomic E-state index is 14.4. The summed E-state index contributed by atoms with van der Waals surface area (Å²) in [5, 5.41) is 13.9. The Bertz CT molecular complexity index is 1730. The number of carbonyl (C=O) groups excluding carboxylic acids is 3. The smallest absolute Gasteiger partial charge is 0.331 e. The largest absolute Gasteiger partial charge is 0.364 e. The number of amides is 4. The minimum absolute atomic E-state index is 0.0572. The highest BCUT2D eigenvalue weighted by molar-refractivity contribution is 7.89. The van der Waals surface area contributed by atoms with Crippen LogP contribution in [0.3, 0.4) is 0 Å². The van der Waals surface area contributed by atoms with Crippen molar-refractivity contribution in [1.29, 1.82) is 0 Å². The van der Waals surface area contributed by atoms with Crippen molar-refractivity contribution in [3.63, 3.8) is 0 Å². The predicted molar refractivity (Wildman–Crippen MR) is 151 cm³/mol. The van der Waals surface area contributed by atoms with Gasteiger partial charge in [-0.05, 0) is 36.2 Å². The number of carbonyl (C=O) groups is 3. The summed E-state index contributed by atoms with van der Waals surface area (Å²) in [6.45, 7) is 1.70. The molecule has 6 rings (SSSR count). The third-order valence-electron chi connectivity index (χ3n) is 8.30. The van der Waals surface area contributed by atoms with Crippen molar-refractivity contribution in [3.8, 4) is 0 Å². The van der Waals surface area contributed by atoms with Gasteiger partial charge in [0.15, 0.2) is 5.41 Å². The van der Waals surface area contributed by atoms with Crippen molar-refractivity contribution in [2.45, 2.75) is 30.8 Å². The summed E-state index contributed by atoms with van der Waals surface area (Å²) in [5.74, 6) is -1.63. The molecular weight excluding hydrogens is 562 g/mol. The number of aryl methyl sites for hydroxylation is 1. The van der Waals surface area contributed by atoms with Crippen LogP contribution in [0, 0.1) is 22.5 Å². The average molecular weight is 590 g/mol. The Morgan fingerprint density at radius 2 is 1.71 bits per heavy atom. The molecule has 2 saturated heterocycles. The van der Waals surface area contributed by atoms with Crippen molar-refractivity contribution in [3.05, 3.63) is 99.6 Å². The highest BCUT2D eigenvalue weighted by Gasteiger charge is 2.63. The second-order valence-electron chi connectivity index (χ2n) is 10.7. The molecule has 0 saturated carbocycles. The lowest BCUT2D eigenvalue weighted by molar-refractivity contribution is -0.384. The van der Waals surface area contributed by atoms with E-state index in [1.54, 1.807) is 53.4 Å². The molecule has 2 fully saturated rings. The van der Waals surface area contributed by atoms with E-state index in [1.807, 2.05) is 6.92 Å². The number of fused-ring (bicyclic) bond motifs is 4. The summed E-state index contributed by atoms with van der Waals surface area (Å²) in [4.78, 5) is 55.1. The molecule has 1 spiro atoms. The molecule has 3 aliphatic heterocycles. The third kappa shape index (κ3) is 4.32. The van der Waals surface area contributed by atoms with Gasteiger partial charge in [0.1, 0.15) is 0 Å². The van der Waals surface area contributed by atoms with Crippen LogP contribution in [0.5, 0.6) is 0 Å². The number of nitro groups is 1. The Kier molecular flexibility index (Phi) is 6.58. The number of piperazine rings is 1. The maximum Gasteiger partial charge on any atom is 0.331 e. The first-order valence-corrected chi connectivity index (χ1v) is 14.8. The number of nitrogens with zero attached hydrogens (tertiary/aromatic N) is 4. The quantitative estimate of drug-likeness (QED) is 0.271. The second-order valence-corrected chi connectivity index (χ2v) is 12.7. The lowest BCUT2D eigenvalue weighted by Gasteiger charge is -2.55. The molecule has 3 aromatic carbocycles. The van der Waals surface area contributed by atoms with Crippen molar-refractivity contribution in [2.75, 3.05) is 24.5 Å². The highest BCUT2D eigenvalue weighted by atomic mass is 32.2. The van der Waals surface area contributed by atoms with Gasteiger partial charge < -0.3 is 4.90 Å². The van der Waals surface area contributed by atoms with Crippen LogP contribution in [0.25, 0.3) is 0 Å². The SMILES string of the molecule is Cc1ccc(S(=O)(=O)N2CCN3c4ccc([N+](=O)[O-])cc4C[C@@]4(C(=O)NC(=O)N(Cc5ccccc5)C4=O)[C@@H]3C2)cc1. The molecule has 0 radical (unpaired) electrons. The van der Waals surface area contributed by atoms with Gasteiger partial charge in [-0.2, -0.15) is 4.31 Å². The number of hydrogen-bond acceptors (Lipinski definition) is 8. The van der Waals surface area contributed by atoms with E-state index in [9.17, 15) is 32.9 Å². The van der Waals surface area contributed by atoms with Crippen LogP contribution in [0.15, 0.2) is 77.7 Å². The number of urea groups is 1. The summed E-state index contributed by atoms with van der Waals surface area (Å²) in [6, 6.07) is 17.6. The Morgan fingerprint density at radius 1 is 1.00 bits per heavy atom. The van der Waals surface area contributed by atoms with E-state index in [-0.39, 0.29) is 43.2 Å². The number of anilines is 1. The first kappa shape index (κ1) is 27.5. The van der Waals surface area contributed by atoms with Crippen LogP contribution < -0.4 is 10.2 Å². The van der Waals surface area contributed by atoms with E-state index in [2.05, 4.69) is 5.32 Å². The second kappa shape index (κ2) is 10.0. The molecular formula is C29H27N5O7S. The molecule has 42 heavy (non-hydrogen) atoms. The van der Waals surface area contributed by atoms with Gasteiger partial charge in [-0.25, -0.2) is 13.2 Å². The summed E-state index contributed by atoms with van der Waals surface area (Å²) in [7, 11) is -3.99. The Balaban J connectivity index is 1.46. The number of rotatable bonds is 5. The van der Waals surface area contributed by atoms with Gasteiger partial charge in [0.05, 0.1) is 22.4 Å². The molecule has 12 nitrogen and oxygen atoms in total. The summed E-state index contributed by atoms with van der Waals surface area (Å²) in [6.07, 6.45) is -0.243. The van der Waals surface area contributed by atoms with Crippen LogP contribution in [-0.2, 0) is 32.6 Å². The molecule has 13 heteroatoms. The molecule has 3 aromatic rings. The van der Waals surface area contributed by atoms with Crippen molar-refractivity contribution in [1.82, 2.24) is 14.5 Å². The standard InChI is InChI=1S/C29H27N5O7S/c1-19-7-10-23(11-8-19)42(40,41)31-13-14-32-24-12-9-22(34(38)39)15-21(24)16-29(25(32)18-31)26(35)30-28(37)33(27(29)36)17-20-5-3-2-4-6-20/h2-12,15,25H,13-14,16-18H2,1H3,(H,30,35,37)/t25-,29-/m0/s1. The summed E-state index contributed by atoms with van der Waals surface area (Å²) in [5.41, 5.74) is 0.393. The van der Waals surface area contributed by atoms with Crippen LogP contribution in [0.1, 0.15) is 16.7 Å². The van der Waals surface area contributed by atoms with Gasteiger partial charge >= 0.3 is 6.03 Å². The van der Waals surface area contributed by atoms with E-state index >= 15 is 0 Å². The van der Waals surface area contributed by atoms with E-state index < -0.39 is 44.2 Å². The minimum atomic E-state index is -3.99. The minimum Gasteiger partial charge on any atom is -0.364 e. The van der Waals surface area contributed by atoms with Gasteiger partial charge in [0.2, 0.25) is 21.8 Å². The van der Waals surface area contributed by atoms with Crippen LogP contribution >= 0.6 is 0 Å². The number of sulfonamides is 1. The number of non-ortho nitro benzene ring substituents is 1. The number of imide groups is 2. The van der Waals surface area contributed by atoms with E-state index in [0.29, 0.717) is 16.8 Å².